The predicted octanol–water partition coefficient (Wildman–Crippen LogP) is 4.69. The van der Waals surface area contributed by atoms with E-state index in [1.807, 2.05) is 12.1 Å². The fourth-order valence-corrected chi connectivity index (χ4v) is 4.92. The van der Waals surface area contributed by atoms with Crippen LogP contribution < -0.4 is 15.0 Å². The van der Waals surface area contributed by atoms with Gasteiger partial charge in [0.2, 0.25) is 5.88 Å². The van der Waals surface area contributed by atoms with E-state index in [1.165, 1.54) is 12.8 Å². The van der Waals surface area contributed by atoms with Crippen LogP contribution in [0.3, 0.4) is 0 Å². The molecule has 0 bridgehead atoms. The Morgan fingerprint density at radius 1 is 1.00 bits per heavy atom. The van der Waals surface area contributed by atoms with Crippen molar-refractivity contribution in [2.24, 2.45) is 5.92 Å². The zero-order valence-corrected chi connectivity index (χ0v) is 19.8. The van der Waals surface area contributed by atoms with E-state index in [9.17, 15) is 0 Å². The molecule has 1 aromatic carbocycles. The number of ether oxygens (including phenoxy) is 3. The van der Waals surface area contributed by atoms with Gasteiger partial charge in [-0.3, -0.25) is 0 Å². The number of nitrogens with one attached hydrogen (secondary N) is 1. The normalized spacial score (nSPS) is 25.1. The van der Waals surface area contributed by atoms with E-state index in [1.54, 1.807) is 0 Å². The van der Waals surface area contributed by atoms with Crippen LogP contribution in [0.2, 0.25) is 0 Å². The second-order valence-electron chi connectivity index (χ2n) is 9.51. The Morgan fingerprint density at radius 3 is 2.44 bits per heavy atom. The molecule has 3 heterocycles. The summed E-state index contributed by atoms with van der Waals surface area (Å²) >= 11 is 0. The molecule has 1 aliphatic carbocycles. The minimum absolute atomic E-state index is 0.0664. The van der Waals surface area contributed by atoms with Crippen LogP contribution >= 0.6 is 0 Å². The van der Waals surface area contributed by atoms with Gasteiger partial charge in [-0.05, 0) is 49.3 Å². The van der Waals surface area contributed by atoms with Crippen molar-refractivity contribution < 1.29 is 14.2 Å². The van der Waals surface area contributed by atoms with E-state index < -0.39 is 0 Å². The molecule has 8 heteroatoms. The van der Waals surface area contributed by atoms with Gasteiger partial charge in [-0.2, -0.15) is 4.98 Å². The van der Waals surface area contributed by atoms with E-state index >= 15 is 0 Å². The number of morpholine rings is 1. The summed E-state index contributed by atoms with van der Waals surface area (Å²) in [6.45, 7) is 14.6. The predicted molar refractivity (Wildman–Crippen MR) is 132 cm³/mol. The van der Waals surface area contributed by atoms with Crippen LogP contribution in [0.25, 0.3) is 16.0 Å². The summed E-state index contributed by atoms with van der Waals surface area (Å²) in [4.78, 5) is 15.5. The molecule has 1 saturated carbocycles. The smallest absolute Gasteiger partial charge is 0.323 e. The van der Waals surface area contributed by atoms with Crippen molar-refractivity contribution in [3.8, 4) is 17.0 Å². The van der Waals surface area contributed by atoms with E-state index in [0.717, 1.165) is 62.7 Å². The molecule has 2 aromatic rings. The number of rotatable bonds is 6. The number of nitrogens with zero attached hydrogens (tertiary/aromatic N) is 4. The Kier molecular flexibility index (Phi) is 7.12. The number of hydrogen-bond acceptors (Lipinski definition) is 7. The highest BCUT2D eigenvalue weighted by Gasteiger charge is 2.26. The zero-order valence-electron chi connectivity index (χ0n) is 19.8. The van der Waals surface area contributed by atoms with Crippen molar-refractivity contribution in [2.75, 3.05) is 49.7 Å². The molecule has 2 aliphatic heterocycles. The third-order valence-electron chi connectivity index (χ3n) is 7.01. The van der Waals surface area contributed by atoms with Gasteiger partial charge < -0.3 is 29.3 Å². The summed E-state index contributed by atoms with van der Waals surface area (Å²) in [6, 6.07) is 8.58. The average Bonchev–Trinajstić information content (AvgIpc) is 3.39. The maximum absolute atomic E-state index is 7.86. The Balaban J connectivity index is 1.45. The third kappa shape index (κ3) is 5.26. The molecule has 5 rings (SSSR count). The van der Waals surface area contributed by atoms with Gasteiger partial charge in [-0.15, -0.1) is 0 Å². The van der Waals surface area contributed by atoms with Gasteiger partial charge in [0.25, 0.3) is 5.82 Å². The number of anilines is 2. The van der Waals surface area contributed by atoms with Gasteiger partial charge in [-0.25, -0.2) is 0 Å². The molecule has 0 radical (unpaired) electrons. The maximum atomic E-state index is 7.86. The van der Waals surface area contributed by atoms with Crippen molar-refractivity contribution in [1.82, 2.24) is 9.97 Å². The fraction of sp³-hybridized carbons (Fsp3) is 0.577. The number of hydrogen-bond donors (Lipinski definition) is 1. The van der Waals surface area contributed by atoms with Crippen molar-refractivity contribution in [2.45, 2.75) is 51.2 Å². The molecular weight excluding hydrogens is 430 g/mol. The first-order valence-corrected chi connectivity index (χ1v) is 12.4. The molecule has 0 unspecified atom stereocenters. The van der Waals surface area contributed by atoms with Crippen molar-refractivity contribution >= 4 is 17.5 Å². The highest BCUT2D eigenvalue weighted by atomic mass is 16.5. The first kappa shape index (κ1) is 22.9. The summed E-state index contributed by atoms with van der Waals surface area (Å²) < 4.78 is 17.3. The quantitative estimate of drug-likeness (QED) is 0.623. The first-order chi connectivity index (χ1) is 16.7. The maximum Gasteiger partial charge on any atom is 0.323 e. The Morgan fingerprint density at radius 2 is 1.76 bits per heavy atom. The van der Waals surface area contributed by atoms with Gasteiger partial charge in [0.1, 0.15) is 6.10 Å². The molecule has 1 aromatic heterocycles. The van der Waals surface area contributed by atoms with E-state index in [-0.39, 0.29) is 6.10 Å². The zero-order chi connectivity index (χ0) is 23.3. The van der Waals surface area contributed by atoms with Gasteiger partial charge in [0.05, 0.1) is 32.0 Å². The van der Waals surface area contributed by atoms with Gasteiger partial charge in [-0.1, -0.05) is 30.6 Å². The molecule has 0 amide bonds. The molecular formula is C26H33N5O3. The van der Waals surface area contributed by atoms with Gasteiger partial charge >= 0.3 is 5.95 Å². The third-order valence-corrected chi connectivity index (χ3v) is 7.01. The lowest BCUT2D eigenvalue weighted by Gasteiger charge is -2.29. The van der Waals surface area contributed by atoms with E-state index in [4.69, 9.17) is 25.8 Å². The molecule has 3 aliphatic rings. The SMILES string of the molecule is [C-]#[N+]c1nc(NC2CCC(C)CC2)nc(O[C@@H]2CCOC2)c1-c1ccc(N2CCOCC2)cc1. The summed E-state index contributed by atoms with van der Waals surface area (Å²) in [5.74, 6) is 2.02. The number of benzene rings is 1. The lowest BCUT2D eigenvalue weighted by atomic mass is 9.87. The van der Waals surface area contributed by atoms with Crippen molar-refractivity contribution in [3.63, 3.8) is 0 Å². The Bertz CT molecular complexity index is 1000. The van der Waals surface area contributed by atoms with Crippen LogP contribution in [0.4, 0.5) is 17.5 Å². The average molecular weight is 464 g/mol. The van der Waals surface area contributed by atoms with Crippen LogP contribution in [-0.2, 0) is 9.47 Å². The highest BCUT2D eigenvalue weighted by Crippen LogP contribution is 2.39. The molecule has 34 heavy (non-hydrogen) atoms. The standard InChI is InChI=1S/C26H33N5O3/c1-18-3-7-20(8-4-18)28-26-29-24(27-2)23(25(30-26)34-22-11-14-33-17-22)19-5-9-21(10-6-19)31-12-15-32-16-13-31/h5-6,9-10,18,20,22H,3-4,7-8,11-17H2,1H3,(H,28,29,30)/t18?,20?,22-/m1/s1. The molecule has 1 N–H and O–H groups in total. The number of aromatic nitrogens is 2. The summed E-state index contributed by atoms with van der Waals surface area (Å²) in [7, 11) is 0. The van der Waals surface area contributed by atoms with Crippen LogP contribution in [-0.4, -0.2) is 61.6 Å². The topological polar surface area (TPSA) is 73.1 Å². The van der Waals surface area contributed by atoms with Gasteiger partial charge in [0.15, 0.2) is 0 Å². The summed E-state index contributed by atoms with van der Waals surface area (Å²) in [5, 5.41) is 3.48. The minimum Gasteiger partial charge on any atom is -0.472 e. The first-order valence-electron chi connectivity index (χ1n) is 12.4. The van der Waals surface area contributed by atoms with Crippen LogP contribution in [0.1, 0.15) is 39.0 Å². The summed E-state index contributed by atoms with van der Waals surface area (Å²) in [5.41, 5.74) is 2.68. The monoisotopic (exact) mass is 463 g/mol. The molecule has 180 valence electrons. The fourth-order valence-electron chi connectivity index (χ4n) is 4.92. The molecule has 2 saturated heterocycles. The minimum atomic E-state index is -0.0664. The summed E-state index contributed by atoms with van der Waals surface area (Å²) in [6.07, 6.45) is 5.33. The Labute approximate surface area is 201 Å². The second kappa shape index (κ2) is 10.6. The molecule has 3 fully saturated rings. The Hall–Kier alpha value is -2.89. The van der Waals surface area contributed by atoms with Crippen molar-refractivity contribution in [1.29, 1.82) is 0 Å². The van der Waals surface area contributed by atoms with Crippen LogP contribution in [0.5, 0.6) is 5.88 Å². The largest absolute Gasteiger partial charge is 0.472 e. The van der Waals surface area contributed by atoms with Gasteiger partial charge in [0, 0.05) is 31.2 Å². The molecule has 0 spiro atoms. The molecule has 1 atom stereocenters. The lowest BCUT2D eigenvalue weighted by Crippen LogP contribution is -2.36. The van der Waals surface area contributed by atoms with Crippen LogP contribution in [0, 0.1) is 12.5 Å². The van der Waals surface area contributed by atoms with E-state index in [2.05, 4.69) is 39.1 Å². The second-order valence-corrected chi connectivity index (χ2v) is 9.51. The van der Waals surface area contributed by atoms with Crippen LogP contribution in [0.15, 0.2) is 24.3 Å². The highest BCUT2D eigenvalue weighted by molar-refractivity contribution is 5.81. The van der Waals surface area contributed by atoms with E-state index in [0.29, 0.717) is 42.5 Å². The molecule has 8 nitrogen and oxygen atoms in total. The lowest BCUT2D eigenvalue weighted by molar-refractivity contribution is 0.122. The van der Waals surface area contributed by atoms with Crippen molar-refractivity contribution in [3.05, 3.63) is 35.7 Å².